The number of amides is 2. The SMILES string of the molecule is CC(O)(CNC(=O)Nc1nc2ccccc2s1)c1ccco1. The number of nitrogens with one attached hydrogen (secondary N) is 2. The Morgan fingerprint density at radius 1 is 1.36 bits per heavy atom. The lowest BCUT2D eigenvalue weighted by Crippen LogP contribution is -2.40. The zero-order chi connectivity index (χ0) is 15.6. The Kier molecular flexibility index (Phi) is 3.82. The minimum atomic E-state index is -1.27. The van der Waals surface area contributed by atoms with E-state index < -0.39 is 11.6 Å². The van der Waals surface area contributed by atoms with Gasteiger partial charge in [-0.15, -0.1) is 0 Å². The van der Waals surface area contributed by atoms with Gasteiger partial charge in [0.05, 0.1) is 23.0 Å². The molecule has 0 fully saturated rings. The zero-order valence-electron chi connectivity index (χ0n) is 11.9. The number of rotatable bonds is 4. The number of urea groups is 1. The molecule has 1 unspecified atom stereocenters. The van der Waals surface area contributed by atoms with Crippen molar-refractivity contribution < 1.29 is 14.3 Å². The number of carbonyl (C=O) groups excluding carboxylic acids is 1. The lowest BCUT2D eigenvalue weighted by atomic mass is 10.0. The van der Waals surface area contributed by atoms with Crippen LogP contribution in [0.3, 0.4) is 0 Å². The van der Waals surface area contributed by atoms with Crippen LogP contribution < -0.4 is 10.6 Å². The van der Waals surface area contributed by atoms with Crippen LogP contribution in [0.15, 0.2) is 47.1 Å². The lowest BCUT2D eigenvalue weighted by Gasteiger charge is -2.20. The summed E-state index contributed by atoms with van der Waals surface area (Å²) in [7, 11) is 0. The van der Waals surface area contributed by atoms with E-state index in [9.17, 15) is 9.90 Å². The molecule has 6 nitrogen and oxygen atoms in total. The summed E-state index contributed by atoms with van der Waals surface area (Å²) in [6, 6.07) is 10.6. The Bertz CT molecular complexity index is 747. The first kappa shape index (κ1) is 14.6. The van der Waals surface area contributed by atoms with Gasteiger partial charge >= 0.3 is 6.03 Å². The van der Waals surface area contributed by atoms with Crippen molar-refractivity contribution in [2.75, 3.05) is 11.9 Å². The Morgan fingerprint density at radius 2 is 2.18 bits per heavy atom. The molecule has 0 saturated carbocycles. The summed E-state index contributed by atoms with van der Waals surface area (Å²) in [5.41, 5.74) is -0.431. The van der Waals surface area contributed by atoms with Crippen molar-refractivity contribution in [2.45, 2.75) is 12.5 Å². The Labute approximate surface area is 130 Å². The van der Waals surface area contributed by atoms with Crippen LogP contribution in [-0.4, -0.2) is 22.7 Å². The maximum Gasteiger partial charge on any atom is 0.321 e. The number of thiazole rings is 1. The predicted molar refractivity (Wildman–Crippen MR) is 84.9 cm³/mol. The first-order chi connectivity index (χ1) is 10.5. The molecular formula is C15H15N3O3S. The summed E-state index contributed by atoms with van der Waals surface area (Å²) in [6.45, 7) is 1.60. The first-order valence-corrected chi connectivity index (χ1v) is 7.53. The number of para-hydroxylation sites is 1. The Hall–Kier alpha value is -2.38. The number of anilines is 1. The van der Waals surface area contributed by atoms with Crippen LogP contribution in [0, 0.1) is 0 Å². The molecule has 1 atom stereocenters. The van der Waals surface area contributed by atoms with Gasteiger partial charge in [0, 0.05) is 0 Å². The number of fused-ring (bicyclic) bond motifs is 1. The van der Waals surface area contributed by atoms with Crippen molar-refractivity contribution in [3.63, 3.8) is 0 Å². The summed E-state index contributed by atoms with van der Waals surface area (Å²) in [6.07, 6.45) is 1.48. The van der Waals surface area contributed by atoms with Crippen LogP contribution in [0.4, 0.5) is 9.93 Å². The van der Waals surface area contributed by atoms with E-state index in [0.29, 0.717) is 10.9 Å². The summed E-state index contributed by atoms with van der Waals surface area (Å²) >= 11 is 1.39. The molecule has 7 heteroatoms. The molecule has 114 valence electrons. The third kappa shape index (κ3) is 3.10. The van der Waals surface area contributed by atoms with Gasteiger partial charge in [0.1, 0.15) is 11.4 Å². The fourth-order valence-electron chi connectivity index (χ4n) is 1.99. The second-order valence-electron chi connectivity index (χ2n) is 5.05. The van der Waals surface area contributed by atoms with E-state index in [0.717, 1.165) is 10.2 Å². The molecule has 2 amide bonds. The standard InChI is InChI=1S/C15H15N3O3S/c1-15(20,12-7-4-8-21-12)9-16-13(19)18-14-17-10-5-2-3-6-11(10)22-14/h2-8,20H,9H2,1H3,(H2,16,17,18,19). The average Bonchev–Trinajstić information content (AvgIpc) is 3.14. The predicted octanol–water partition coefficient (Wildman–Crippen LogP) is 2.92. The molecule has 0 aliphatic rings. The molecule has 2 heterocycles. The second-order valence-corrected chi connectivity index (χ2v) is 6.08. The fraction of sp³-hybridized carbons (Fsp3) is 0.200. The number of nitrogens with zero attached hydrogens (tertiary/aromatic N) is 1. The highest BCUT2D eigenvalue weighted by Gasteiger charge is 2.26. The van der Waals surface area contributed by atoms with E-state index in [1.807, 2.05) is 24.3 Å². The van der Waals surface area contributed by atoms with Crippen molar-refractivity contribution in [3.05, 3.63) is 48.4 Å². The summed E-state index contributed by atoms with van der Waals surface area (Å²) in [5, 5.41) is 16.0. The third-order valence-electron chi connectivity index (χ3n) is 3.16. The number of hydrogen-bond acceptors (Lipinski definition) is 5. The monoisotopic (exact) mass is 317 g/mol. The highest BCUT2D eigenvalue weighted by molar-refractivity contribution is 7.22. The van der Waals surface area contributed by atoms with Gasteiger partial charge in [-0.1, -0.05) is 23.5 Å². The smallest absolute Gasteiger partial charge is 0.321 e. The van der Waals surface area contributed by atoms with Crippen molar-refractivity contribution in [1.29, 1.82) is 0 Å². The van der Waals surface area contributed by atoms with Crippen LogP contribution in [0.5, 0.6) is 0 Å². The molecule has 0 radical (unpaired) electrons. The van der Waals surface area contributed by atoms with Crippen molar-refractivity contribution >= 4 is 32.7 Å². The molecule has 0 aliphatic heterocycles. The van der Waals surface area contributed by atoms with Crippen LogP contribution in [-0.2, 0) is 5.60 Å². The number of aromatic nitrogens is 1. The molecule has 0 aliphatic carbocycles. The van der Waals surface area contributed by atoms with Gasteiger partial charge in [0.2, 0.25) is 0 Å². The molecule has 3 aromatic rings. The summed E-state index contributed by atoms with van der Waals surface area (Å²) < 4.78 is 6.16. The molecule has 0 bridgehead atoms. The number of hydrogen-bond donors (Lipinski definition) is 3. The van der Waals surface area contributed by atoms with Gasteiger partial charge in [-0.05, 0) is 31.2 Å². The van der Waals surface area contributed by atoms with Crippen molar-refractivity contribution in [3.8, 4) is 0 Å². The molecule has 0 spiro atoms. The molecule has 2 aromatic heterocycles. The number of benzene rings is 1. The Morgan fingerprint density at radius 3 is 2.91 bits per heavy atom. The van der Waals surface area contributed by atoms with Crippen LogP contribution in [0.2, 0.25) is 0 Å². The highest BCUT2D eigenvalue weighted by Crippen LogP contribution is 2.25. The number of carbonyl (C=O) groups is 1. The largest absolute Gasteiger partial charge is 0.466 e. The van der Waals surface area contributed by atoms with Crippen LogP contribution >= 0.6 is 11.3 Å². The molecular weight excluding hydrogens is 302 g/mol. The minimum absolute atomic E-state index is 0.0250. The van der Waals surface area contributed by atoms with E-state index in [2.05, 4.69) is 15.6 Å². The lowest BCUT2D eigenvalue weighted by molar-refractivity contribution is 0.0372. The summed E-state index contributed by atoms with van der Waals surface area (Å²) in [5.74, 6) is 0.396. The van der Waals surface area contributed by atoms with Crippen LogP contribution in [0.1, 0.15) is 12.7 Å². The minimum Gasteiger partial charge on any atom is -0.466 e. The molecule has 3 rings (SSSR count). The van der Waals surface area contributed by atoms with Crippen molar-refractivity contribution in [1.82, 2.24) is 10.3 Å². The topological polar surface area (TPSA) is 87.4 Å². The quantitative estimate of drug-likeness (QED) is 0.690. The van der Waals surface area contributed by atoms with Gasteiger partial charge in [-0.25, -0.2) is 9.78 Å². The maximum absolute atomic E-state index is 11.9. The summed E-state index contributed by atoms with van der Waals surface area (Å²) in [4.78, 5) is 16.2. The van der Waals surface area contributed by atoms with Gasteiger partial charge in [-0.3, -0.25) is 5.32 Å². The number of aliphatic hydroxyl groups is 1. The average molecular weight is 317 g/mol. The molecule has 22 heavy (non-hydrogen) atoms. The number of furan rings is 1. The van der Waals surface area contributed by atoms with E-state index in [4.69, 9.17) is 4.42 Å². The van der Waals surface area contributed by atoms with E-state index in [-0.39, 0.29) is 6.54 Å². The Balaban J connectivity index is 1.60. The fourth-order valence-corrected chi connectivity index (χ4v) is 2.85. The zero-order valence-corrected chi connectivity index (χ0v) is 12.7. The van der Waals surface area contributed by atoms with E-state index in [1.165, 1.54) is 17.6 Å². The van der Waals surface area contributed by atoms with Gasteiger partial charge in [-0.2, -0.15) is 0 Å². The molecule has 1 aromatic carbocycles. The van der Waals surface area contributed by atoms with Gasteiger partial charge < -0.3 is 14.8 Å². The normalized spacial score (nSPS) is 13.7. The van der Waals surface area contributed by atoms with Crippen molar-refractivity contribution in [2.24, 2.45) is 0 Å². The highest BCUT2D eigenvalue weighted by atomic mass is 32.1. The van der Waals surface area contributed by atoms with E-state index >= 15 is 0 Å². The third-order valence-corrected chi connectivity index (χ3v) is 4.11. The molecule has 3 N–H and O–H groups in total. The maximum atomic E-state index is 11.9. The van der Waals surface area contributed by atoms with Crippen LogP contribution in [0.25, 0.3) is 10.2 Å². The van der Waals surface area contributed by atoms with Gasteiger partial charge in [0.25, 0.3) is 0 Å². The molecule has 0 saturated heterocycles. The van der Waals surface area contributed by atoms with E-state index in [1.54, 1.807) is 19.1 Å². The van der Waals surface area contributed by atoms with Gasteiger partial charge in [0.15, 0.2) is 5.13 Å². The first-order valence-electron chi connectivity index (χ1n) is 6.71. The second kappa shape index (κ2) is 5.78.